The van der Waals surface area contributed by atoms with Crippen molar-refractivity contribution in [1.29, 1.82) is 0 Å². The van der Waals surface area contributed by atoms with Gasteiger partial charge in [0, 0.05) is 43.0 Å². The second-order valence-electron chi connectivity index (χ2n) is 6.31. The molecule has 0 N–H and O–H groups in total. The van der Waals surface area contributed by atoms with Crippen molar-refractivity contribution in [2.45, 2.75) is 52.7 Å². The lowest BCUT2D eigenvalue weighted by atomic mass is 10.0. The summed E-state index contributed by atoms with van der Waals surface area (Å²) in [6.45, 7) is 13.5. The summed E-state index contributed by atoms with van der Waals surface area (Å²) in [7, 11) is 1.75. The van der Waals surface area contributed by atoms with Crippen LogP contribution >= 0.6 is 0 Å². The fraction of sp³-hybridized carbons (Fsp3) is 0.647. The molecule has 0 aromatic heterocycles. The number of nitrogens with zero attached hydrogens (tertiary/aromatic N) is 2. The van der Waals surface area contributed by atoms with Gasteiger partial charge in [-0.1, -0.05) is 6.07 Å². The molecule has 1 heterocycles. The summed E-state index contributed by atoms with van der Waals surface area (Å²) < 4.78 is 5.47. The normalized spacial score (nSPS) is 24.2. The van der Waals surface area contributed by atoms with Gasteiger partial charge in [0.1, 0.15) is 5.75 Å². The van der Waals surface area contributed by atoms with E-state index in [4.69, 9.17) is 4.74 Å². The number of aryl methyl sites for hydroxylation is 1. The van der Waals surface area contributed by atoms with E-state index < -0.39 is 0 Å². The molecule has 3 nitrogen and oxygen atoms in total. The molecule has 112 valence electrons. The molecule has 0 amide bonds. The minimum Gasteiger partial charge on any atom is -0.496 e. The van der Waals surface area contributed by atoms with E-state index in [1.807, 2.05) is 0 Å². The van der Waals surface area contributed by atoms with E-state index in [0.29, 0.717) is 18.1 Å². The van der Waals surface area contributed by atoms with Gasteiger partial charge >= 0.3 is 0 Å². The molecule has 0 radical (unpaired) electrons. The Morgan fingerprint density at radius 1 is 1.15 bits per heavy atom. The second-order valence-corrected chi connectivity index (χ2v) is 6.31. The Bertz CT molecular complexity index is 446. The van der Waals surface area contributed by atoms with E-state index in [1.165, 1.54) is 11.3 Å². The van der Waals surface area contributed by atoms with E-state index in [-0.39, 0.29) is 0 Å². The Kier molecular flexibility index (Phi) is 4.59. The van der Waals surface area contributed by atoms with Crippen molar-refractivity contribution in [1.82, 2.24) is 4.90 Å². The highest BCUT2D eigenvalue weighted by Crippen LogP contribution is 2.30. The van der Waals surface area contributed by atoms with Gasteiger partial charge in [-0.15, -0.1) is 0 Å². The van der Waals surface area contributed by atoms with Crippen LogP contribution in [0.25, 0.3) is 0 Å². The van der Waals surface area contributed by atoms with Crippen LogP contribution in [-0.4, -0.2) is 43.2 Å². The lowest BCUT2D eigenvalue weighted by Crippen LogP contribution is -2.58. The summed E-state index contributed by atoms with van der Waals surface area (Å²) in [5.74, 6) is 0.980. The van der Waals surface area contributed by atoms with Crippen molar-refractivity contribution in [2.24, 2.45) is 0 Å². The van der Waals surface area contributed by atoms with Crippen LogP contribution in [0.15, 0.2) is 18.2 Å². The SMILES string of the molecule is COc1cc(N2C(C)CN(C(C)C)CC2C)ccc1C. The predicted molar refractivity (Wildman–Crippen MR) is 85.8 cm³/mol. The zero-order valence-electron chi connectivity index (χ0n) is 13.7. The van der Waals surface area contributed by atoms with Crippen molar-refractivity contribution >= 4 is 5.69 Å². The van der Waals surface area contributed by atoms with Gasteiger partial charge < -0.3 is 9.64 Å². The molecule has 2 unspecified atom stereocenters. The molecule has 1 saturated heterocycles. The van der Waals surface area contributed by atoms with Crippen molar-refractivity contribution in [3.63, 3.8) is 0 Å². The van der Waals surface area contributed by atoms with Gasteiger partial charge in [-0.2, -0.15) is 0 Å². The first-order chi connectivity index (χ1) is 9.43. The fourth-order valence-corrected chi connectivity index (χ4v) is 3.26. The lowest BCUT2D eigenvalue weighted by Gasteiger charge is -2.47. The fourth-order valence-electron chi connectivity index (χ4n) is 3.26. The topological polar surface area (TPSA) is 15.7 Å². The van der Waals surface area contributed by atoms with E-state index in [0.717, 1.165) is 18.8 Å². The molecular weight excluding hydrogens is 248 g/mol. The zero-order valence-corrected chi connectivity index (χ0v) is 13.7. The molecule has 1 aromatic rings. The Morgan fingerprint density at radius 3 is 2.25 bits per heavy atom. The summed E-state index contributed by atoms with van der Waals surface area (Å²) in [6.07, 6.45) is 0. The molecule has 2 rings (SSSR count). The summed E-state index contributed by atoms with van der Waals surface area (Å²) >= 11 is 0. The molecule has 1 fully saturated rings. The number of benzene rings is 1. The maximum absolute atomic E-state index is 5.47. The van der Waals surface area contributed by atoms with E-state index >= 15 is 0 Å². The second kappa shape index (κ2) is 6.04. The van der Waals surface area contributed by atoms with Crippen molar-refractivity contribution in [3.8, 4) is 5.75 Å². The molecule has 1 aromatic carbocycles. The lowest BCUT2D eigenvalue weighted by molar-refractivity contribution is 0.161. The standard InChI is InChI=1S/C17H28N2O/c1-12(2)18-10-14(4)19(15(5)11-18)16-8-7-13(3)17(9-16)20-6/h7-9,12,14-15H,10-11H2,1-6H3. The average Bonchev–Trinajstić information content (AvgIpc) is 2.39. The molecule has 0 saturated carbocycles. The minimum atomic E-state index is 0.522. The van der Waals surface area contributed by atoms with Crippen LogP contribution in [0.2, 0.25) is 0 Å². The van der Waals surface area contributed by atoms with E-state index in [1.54, 1.807) is 7.11 Å². The van der Waals surface area contributed by atoms with Gasteiger partial charge in [-0.25, -0.2) is 0 Å². The summed E-state index contributed by atoms with van der Waals surface area (Å²) in [5.41, 5.74) is 2.47. The number of piperazine rings is 1. The third-order valence-corrected chi connectivity index (χ3v) is 4.37. The third kappa shape index (κ3) is 2.93. The maximum atomic E-state index is 5.47. The third-order valence-electron chi connectivity index (χ3n) is 4.37. The van der Waals surface area contributed by atoms with Crippen LogP contribution in [0.3, 0.4) is 0 Å². The zero-order chi connectivity index (χ0) is 14.9. The average molecular weight is 276 g/mol. The molecule has 0 spiro atoms. The highest BCUT2D eigenvalue weighted by molar-refractivity contribution is 5.55. The summed E-state index contributed by atoms with van der Waals surface area (Å²) in [4.78, 5) is 5.10. The van der Waals surface area contributed by atoms with Crippen LogP contribution in [0.5, 0.6) is 5.75 Å². The highest BCUT2D eigenvalue weighted by Gasteiger charge is 2.30. The number of anilines is 1. The van der Waals surface area contributed by atoms with Gasteiger partial charge in [0.05, 0.1) is 7.11 Å². The van der Waals surface area contributed by atoms with Gasteiger partial charge in [0.15, 0.2) is 0 Å². The number of hydrogen-bond donors (Lipinski definition) is 0. The van der Waals surface area contributed by atoms with Crippen LogP contribution in [0.1, 0.15) is 33.3 Å². The molecule has 1 aliphatic heterocycles. The van der Waals surface area contributed by atoms with Crippen molar-refractivity contribution in [3.05, 3.63) is 23.8 Å². The Balaban J connectivity index is 2.24. The maximum Gasteiger partial charge on any atom is 0.123 e. The number of methoxy groups -OCH3 is 1. The molecule has 20 heavy (non-hydrogen) atoms. The highest BCUT2D eigenvalue weighted by atomic mass is 16.5. The van der Waals surface area contributed by atoms with Gasteiger partial charge in [0.25, 0.3) is 0 Å². The molecular formula is C17H28N2O. The molecule has 0 bridgehead atoms. The van der Waals surface area contributed by atoms with Gasteiger partial charge in [0.2, 0.25) is 0 Å². The van der Waals surface area contributed by atoms with E-state index in [2.05, 4.69) is 62.6 Å². The van der Waals surface area contributed by atoms with E-state index in [9.17, 15) is 0 Å². The van der Waals surface area contributed by atoms with Gasteiger partial charge in [-0.3, -0.25) is 4.90 Å². The quantitative estimate of drug-likeness (QED) is 0.842. The van der Waals surface area contributed by atoms with Crippen LogP contribution in [0, 0.1) is 6.92 Å². The molecule has 2 atom stereocenters. The van der Waals surface area contributed by atoms with Crippen LogP contribution in [0.4, 0.5) is 5.69 Å². The molecule has 0 aliphatic carbocycles. The first kappa shape index (κ1) is 15.2. The van der Waals surface area contributed by atoms with Crippen LogP contribution in [-0.2, 0) is 0 Å². The molecule has 3 heteroatoms. The number of hydrogen-bond acceptors (Lipinski definition) is 3. The Labute approximate surface area is 123 Å². The predicted octanol–water partition coefficient (Wildman–Crippen LogP) is 3.31. The van der Waals surface area contributed by atoms with Crippen molar-refractivity contribution < 1.29 is 4.74 Å². The largest absolute Gasteiger partial charge is 0.496 e. The summed E-state index contributed by atoms with van der Waals surface area (Å²) in [5, 5.41) is 0. The minimum absolute atomic E-state index is 0.522. The number of ether oxygens (including phenoxy) is 1. The van der Waals surface area contributed by atoms with Crippen LogP contribution < -0.4 is 9.64 Å². The first-order valence-corrected chi connectivity index (χ1v) is 7.61. The Hall–Kier alpha value is -1.22. The smallest absolute Gasteiger partial charge is 0.123 e. The monoisotopic (exact) mass is 276 g/mol. The summed E-state index contributed by atoms with van der Waals surface area (Å²) in [6, 6.07) is 8.21. The number of rotatable bonds is 3. The Morgan fingerprint density at radius 2 is 1.75 bits per heavy atom. The first-order valence-electron chi connectivity index (χ1n) is 7.61. The van der Waals surface area contributed by atoms with Crippen molar-refractivity contribution in [2.75, 3.05) is 25.1 Å². The van der Waals surface area contributed by atoms with Gasteiger partial charge in [-0.05, 0) is 46.2 Å². The molecule has 1 aliphatic rings.